The molecule has 2 amide bonds. The van der Waals surface area contributed by atoms with E-state index in [1.165, 1.54) is 0 Å². The molecule has 0 spiro atoms. The van der Waals surface area contributed by atoms with E-state index >= 15 is 0 Å². The molecule has 1 aliphatic rings. The minimum Gasteiger partial charge on any atom is -0.495 e. The Morgan fingerprint density at radius 3 is 2.27 bits per heavy atom. The summed E-state index contributed by atoms with van der Waals surface area (Å²) in [4.78, 5) is 35.0. The first-order valence-electron chi connectivity index (χ1n) is 13.3. The molecule has 1 aromatic heterocycles. The highest BCUT2D eigenvalue weighted by Crippen LogP contribution is 2.31. The summed E-state index contributed by atoms with van der Waals surface area (Å²) < 4.78 is 5.56. The van der Waals surface area contributed by atoms with Crippen LogP contribution in [0.4, 0.5) is 17.1 Å². The molecule has 2 N–H and O–H groups in total. The van der Waals surface area contributed by atoms with Crippen LogP contribution >= 0.6 is 0 Å². The van der Waals surface area contributed by atoms with Gasteiger partial charge in [-0.1, -0.05) is 35.9 Å². The van der Waals surface area contributed by atoms with Crippen molar-refractivity contribution in [2.24, 2.45) is 0 Å². The van der Waals surface area contributed by atoms with Crippen molar-refractivity contribution in [3.05, 3.63) is 114 Å². The fourth-order valence-corrected chi connectivity index (χ4v) is 4.84. The summed E-state index contributed by atoms with van der Waals surface area (Å²) in [5, 5.41) is 5.97. The lowest BCUT2D eigenvalue weighted by Gasteiger charge is -2.38. The Hall–Kier alpha value is -4.85. The zero-order valence-electron chi connectivity index (χ0n) is 22.8. The number of aromatic nitrogens is 1. The van der Waals surface area contributed by atoms with E-state index < -0.39 is 0 Å². The maximum atomic E-state index is 13.5. The number of pyridine rings is 1. The first-order valence-corrected chi connectivity index (χ1v) is 13.3. The number of piperazine rings is 1. The van der Waals surface area contributed by atoms with Crippen molar-refractivity contribution in [1.82, 2.24) is 10.3 Å². The number of ether oxygens (including phenoxy) is 1. The van der Waals surface area contributed by atoms with Crippen LogP contribution in [0.15, 0.2) is 91.3 Å². The molecular weight excluding hydrogens is 502 g/mol. The lowest BCUT2D eigenvalue weighted by Crippen LogP contribution is -2.47. The standard InChI is InChI=1S/C32H33N5O3/c1-23-9-11-25(12-10-23)31(38)35-26-13-14-28(27(20-26)32(39)34-22-24-6-5-15-33-21-24)36-16-18-37(19-17-36)29-7-3-4-8-30(29)40-2/h3-15,20-21H,16-19,22H2,1-2H3,(H,34,39)(H,35,38). The molecular formula is C32H33N5O3. The summed E-state index contributed by atoms with van der Waals surface area (Å²) in [5.74, 6) is 0.414. The van der Waals surface area contributed by atoms with E-state index in [0.29, 0.717) is 23.4 Å². The molecule has 1 aliphatic heterocycles. The van der Waals surface area contributed by atoms with E-state index in [-0.39, 0.29) is 11.8 Å². The number of hydrogen-bond donors (Lipinski definition) is 2. The van der Waals surface area contributed by atoms with Crippen molar-refractivity contribution in [1.29, 1.82) is 0 Å². The molecule has 8 nitrogen and oxygen atoms in total. The lowest BCUT2D eigenvalue weighted by molar-refractivity contribution is 0.0950. The second kappa shape index (κ2) is 12.3. The Bertz CT molecular complexity index is 1470. The van der Waals surface area contributed by atoms with E-state index in [1.807, 2.05) is 61.5 Å². The zero-order chi connectivity index (χ0) is 27.9. The van der Waals surface area contributed by atoms with Crippen LogP contribution in [0.1, 0.15) is 31.8 Å². The molecule has 0 unspecified atom stereocenters. The summed E-state index contributed by atoms with van der Waals surface area (Å²) >= 11 is 0. The quantitative estimate of drug-likeness (QED) is 0.334. The third-order valence-corrected chi connectivity index (χ3v) is 7.03. The van der Waals surface area contributed by atoms with Crippen molar-refractivity contribution < 1.29 is 14.3 Å². The molecule has 8 heteroatoms. The normalized spacial score (nSPS) is 13.1. The number of aryl methyl sites for hydroxylation is 1. The molecule has 4 aromatic rings. The fraction of sp³-hybridized carbons (Fsp3) is 0.219. The summed E-state index contributed by atoms with van der Waals surface area (Å²) in [5.41, 5.74) is 5.52. The molecule has 2 heterocycles. The average molecular weight is 536 g/mol. The van der Waals surface area contributed by atoms with E-state index in [1.54, 1.807) is 37.7 Å². The average Bonchev–Trinajstić information content (AvgIpc) is 3.00. The van der Waals surface area contributed by atoms with Gasteiger partial charge in [0.05, 0.1) is 18.4 Å². The largest absolute Gasteiger partial charge is 0.495 e. The van der Waals surface area contributed by atoms with E-state index in [2.05, 4.69) is 31.5 Å². The Balaban J connectivity index is 1.36. The second-order valence-electron chi connectivity index (χ2n) is 9.74. The number of carbonyl (C=O) groups excluding carboxylic acids is 2. The maximum Gasteiger partial charge on any atom is 0.255 e. The topological polar surface area (TPSA) is 86.8 Å². The van der Waals surface area contributed by atoms with Crippen LogP contribution in [-0.4, -0.2) is 50.1 Å². The Labute approximate surface area is 234 Å². The fourth-order valence-electron chi connectivity index (χ4n) is 4.84. The van der Waals surface area contributed by atoms with Gasteiger partial charge in [-0.25, -0.2) is 0 Å². The molecule has 40 heavy (non-hydrogen) atoms. The number of methoxy groups -OCH3 is 1. The van der Waals surface area contributed by atoms with Gasteiger partial charge in [0.25, 0.3) is 11.8 Å². The number of hydrogen-bond acceptors (Lipinski definition) is 6. The minimum atomic E-state index is -0.222. The van der Waals surface area contributed by atoms with Crippen molar-refractivity contribution in [2.45, 2.75) is 13.5 Å². The van der Waals surface area contributed by atoms with Gasteiger partial charge in [0.1, 0.15) is 5.75 Å². The molecule has 3 aromatic carbocycles. The van der Waals surface area contributed by atoms with E-state index in [0.717, 1.165) is 54.4 Å². The zero-order valence-corrected chi connectivity index (χ0v) is 22.8. The number of benzene rings is 3. The Morgan fingerprint density at radius 1 is 0.850 bits per heavy atom. The van der Waals surface area contributed by atoms with Crippen molar-refractivity contribution in [3.63, 3.8) is 0 Å². The van der Waals surface area contributed by atoms with E-state index in [4.69, 9.17) is 4.74 Å². The summed E-state index contributed by atoms with van der Waals surface area (Å²) in [6.45, 7) is 5.36. The highest BCUT2D eigenvalue weighted by atomic mass is 16.5. The Kier molecular flexibility index (Phi) is 8.25. The number of anilines is 3. The van der Waals surface area contributed by atoms with Crippen LogP contribution < -0.4 is 25.2 Å². The number of nitrogens with zero attached hydrogens (tertiary/aromatic N) is 3. The number of para-hydroxylation sites is 2. The van der Waals surface area contributed by atoms with Crippen LogP contribution in [-0.2, 0) is 6.54 Å². The molecule has 1 fully saturated rings. The second-order valence-corrected chi connectivity index (χ2v) is 9.74. The first kappa shape index (κ1) is 26.7. The predicted molar refractivity (Wildman–Crippen MR) is 158 cm³/mol. The van der Waals surface area contributed by atoms with E-state index in [9.17, 15) is 9.59 Å². The van der Waals surface area contributed by atoms with Gasteiger partial charge in [-0.05, 0) is 61.0 Å². The molecule has 5 rings (SSSR count). The van der Waals surface area contributed by atoms with Gasteiger partial charge in [-0.3, -0.25) is 14.6 Å². The van der Waals surface area contributed by atoms with Crippen LogP contribution in [0, 0.1) is 6.92 Å². The van der Waals surface area contributed by atoms with Crippen molar-refractivity contribution in [2.75, 3.05) is 48.4 Å². The molecule has 1 saturated heterocycles. The van der Waals surface area contributed by atoms with Gasteiger partial charge in [-0.2, -0.15) is 0 Å². The maximum absolute atomic E-state index is 13.5. The minimum absolute atomic E-state index is 0.211. The van der Waals surface area contributed by atoms with Crippen LogP contribution in [0.25, 0.3) is 0 Å². The van der Waals surface area contributed by atoms with Gasteiger partial charge in [-0.15, -0.1) is 0 Å². The monoisotopic (exact) mass is 535 g/mol. The summed E-state index contributed by atoms with van der Waals surface area (Å²) in [7, 11) is 1.69. The van der Waals surface area contributed by atoms with Gasteiger partial charge in [0, 0.05) is 62.1 Å². The third kappa shape index (κ3) is 6.23. The van der Waals surface area contributed by atoms with Crippen LogP contribution in [0.3, 0.4) is 0 Å². The highest BCUT2D eigenvalue weighted by molar-refractivity contribution is 6.06. The molecule has 0 radical (unpaired) electrons. The summed E-state index contributed by atoms with van der Waals surface area (Å²) in [6, 6.07) is 24.7. The van der Waals surface area contributed by atoms with Gasteiger partial charge < -0.3 is 25.2 Å². The predicted octanol–water partition coefficient (Wildman–Crippen LogP) is 4.91. The SMILES string of the molecule is COc1ccccc1N1CCN(c2ccc(NC(=O)c3ccc(C)cc3)cc2C(=O)NCc2cccnc2)CC1. The third-order valence-electron chi connectivity index (χ3n) is 7.03. The Morgan fingerprint density at radius 2 is 1.57 bits per heavy atom. The number of carbonyl (C=O) groups is 2. The highest BCUT2D eigenvalue weighted by Gasteiger charge is 2.24. The first-order chi connectivity index (χ1) is 19.5. The molecule has 204 valence electrons. The molecule has 0 aliphatic carbocycles. The number of rotatable bonds is 8. The lowest BCUT2D eigenvalue weighted by atomic mass is 10.1. The molecule has 0 atom stereocenters. The summed E-state index contributed by atoms with van der Waals surface area (Å²) in [6.07, 6.45) is 3.44. The molecule has 0 saturated carbocycles. The van der Waals surface area contributed by atoms with Gasteiger partial charge in [0.15, 0.2) is 0 Å². The number of amides is 2. The van der Waals surface area contributed by atoms with Crippen molar-refractivity contribution >= 4 is 28.9 Å². The van der Waals surface area contributed by atoms with Gasteiger partial charge >= 0.3 is 0 Å². The van der Waals surface area contributed by atoms with Crippen LogP contribution in [0.2, 0.25) is 0 Å². The number of nitrogens with one attached hydrogen (secondary N) is 2. The smallest absolute Gasteiger partial charge is 0.255 e. The van der Waals surface area contributed by atoms with Crippen molar-refractivity contribution in [3.8, 4) is 5.75 Å². The van der Waals surface area contributed by atoms with Gasteiger partial charge in [0.2, 0.25) is 0 Å². The molecule has 0 bridgehead atoms. The van der Waals surface area contributed by atoms with Crippen LogP contribution in [0.5, 0.6) is 5.75 Å².